The van der Waals surface area contributed by atoms with E-state index in [0.29, 0.717) is 5.92 Å². The molecule has 0 amide bonds. The van der Waals surface area contributed by atoms with Gasteiger partial charge in [0.25, 0.3) is 0 Å². The summed E-state index contributed by atoms with van der Waals surface area (Å²) < 4.78 is 5.26. The summed E-state index contributed by atoms with van der Waals surface area (Å²) in [7, 11) is 1.77. The lowest BCUT2D eigenvalue weighted by Crippen LogP contribution is -2.22. The molecule has 19 heavy (non-hydrogen) atoms. The van der Waals surface area contributed by atoms with Crippen molar-refractivity contribution in [3.8, 4) is 0 Å². The summed E-state index contributed by atoms with van der Waals surface area (Å²) in [6, 6.07) is 0. The Kier molecular flexibility index (Phi) is 3.38. The number of nitrogens with one attached hydrogen (secondary N) is 1. The number of aryl methyl sites for hydroxylation is 1. The molecule has 5 heteroatoms. The highest BCUT2D eigenvalue weighted by molar-refractivity contribution is 5.90. The maximum absolute atomic E-state index is 5.26. The highest BCUT2D eigenvalue weighted by Gasteiger charge is 2.25. The zero-order valence-corrected chi connectivity index (χ0v) is 11.5. The van der Waals surface area contributed by atoms with Crippen LogP contribution in [0.15, 0.2) is 12.5 Å². The average Bonchev–Trinajstić information content (AvgIpc) is 3.05. The van der Waals surface area contributed by atoms with Gasteiger partial charge < -0.3 is 14.6 Å². The second kappa shape index (κ2) is 5.17. The molecule has 5 nitrogen and oxygen atoms in total. The van der Waals surface area contributed by atoms with Gasteiger partial charge in [0.1, 0.15) is 17.8 Å². The van der Waals surface area contributed by atoms with Crippen molar-refractivity contribution in [3.63, 3.8) is 0 Å². The fourth-order valence-electron chi connectivity index (χ4n) is 2.92. The third kappa shape index (κ3) is 2.18. The molecule has 0 saturated carbocycles. The number of hydrogen-bond donors (Lipinski definition) is 1. The van der Waals surface area contributed by atoms with E-state index in [-0.39, 0.29) is 0 Å². The van der Waals surface area contributed by atoms with Crippen molar-refractivity contribution in [2.75, 3.05) is 31.7 Å². The summed E-state index contributed by atoms with van der Waals surface area (Å²) in [5.74, 6) is 1.68. The van der Waals surface area contributed by atoms with Crippen LogP contribution in [0.25, 0.3) is 11.0 Å². The minimum atomic E-state index is 0.610. The fraction of sp³-hybridized carbons (Fsp3) is 0.571. The van der Waals surface area contributed by atoms with Gasteiger partial charge in [0.15, 0.2) is 0 Å². The van der Waals surface area contributed by atoms with Gasteiger partial charge in [-0.1, -0.05) is 6.92 Å². The summed E-state index contributed by atoms with van der Waals surface area (Å²) in [6.45, 7) is 5.07. The van der Waals surface area contributed by atoms with E-state index in [2.05, 4.69) is 26.8 Å². The van der Waals surface area contributed by atoms with Crippen LogP contribution in [0, 0.1) is 5.92 Å². The zero-order valence-electron chi connectivity index (χ0n) is 11.5. The first-order valence-corrected chi connectivity index (χ1v) is 6.88. The summed E-state index contributed by atoms with van der Waals surface area (Å²) in [6.07, 6.45) is 5.86. The lowest BCUT2D eigenvalue weighted by Gasteiger charge is -2.18. The Bertz CT molecular complexity index is 566. The van der Waals surface area contributed by atoms with Crippen molar-refractivity contribution in [2.24, 2.45) is 5.92 Å². The molecule has 1 atom stereocenters. The molecule has 1 N–H and O–H groups in total. The van der Waals surface area contributed by atoms with Crippen molar-refractivity contribution in [2.45, 2.75) is 19.8 Å². The molecular formula is C14H20N4O. The molecule has 3 rings (SSSR count). The summed E-state index contributed by atoms with van der Waals surface area (Å²) in [5.41, 5.74) is 2.23. The van der Waals surface area contributed by atoms with E-state index in [1.54, 1.807) is 13.4 Å². The molecule has 2 aromatic rings. The van der Waals surface area contributed by atoms with Gasteiger partial charge in [0, 0.05) is 32.3 Å². The van der Waals surface area contributed by atoms with E-state index in [4.69, 9.17) is 4.74 Å². The van der Waals surface area contributed by atoms with Gasteiger partial charge in [-0.3, -0.25) is 0 Å². The maximum atomic E-state index is 5.26. The van der Waals surface area contributed by atoms with E-state index in [1.165, 1.54) is 17.4 Å². The minimum absolute atomic E-state index is 0.610. The molecule has 1 aliphatic rings. The Hall–Kier alpha value is -1.62. The van der Waals surface area contributed by atoms with Gasteiger partial charge in [0.2, 0.25) is 0 Å². The second-order valence-electron chi connectivity index (χ2n) is 5.14. The number of H-pyrrole nitrogens is 1. The van der Waals surface area contributed by atoms with Crippen LogP contribution < -0.4 is 4.90 Å². The largest absolute Gasteiger partial charge is 0.384 e. The number of hydrogen-bond acceptors (Lipinski definition) is 4. The van der Waals surface area contributed by atoms with Gasteiger partial charge in [-0.2, -0.15) is 0 Å². The van der Waals surface area contributed by atoms with E-state index in [9.17, 15) is 0 Å². The molecule has 0 radical (unpaired) electrons. The van der Waals surface area contributed by atoms with Crippen molar-refractivity contribution < 1.29 is 4.74 Å². The molecule has 3 heterocycles. The van der Waals surface area contributed by atoms with E-state index >= 15 is 0 Å². The molecule has 102 valence electrons. The van der Waals surface area contributed by atoms with Crippen LogP contribution in [0.1, 0.15) is 18.9 Å². The normalized spacial score (nSPS) is 19.5. The Morgan fingerprint density at radius 2 is 2.37 bits per heavy atom. The molecule has 1 aliphatic heterocycles. The molecule has 1 unspecified atom stereocenters. The molecule has 1 fully saturated rings. The van der Waals surface area contributed by atoms with Gasteiger partial charge in [-0.25, -0.2) is 9.97 Å². The van der Waals surface area contributed by atoms with Crippen LogP contribution in [-0.2, 0) is 11.2 Å². The molecule has 0 aliphatic carbocycles. The van der Waals surface area contributed by atoms with Crippen LogP contribution in [-0.4, -0.2) is 41.8 Å². The Morgan fingerprint density at radius 3 is 3.16 bits per heavy atom. The van der Waals surface area contributed by atoms with Crippen molar-refractivity contribution >= 4 is 16.9 Å². The summed E-state index contributed by atoms with van der Waals surface area (Å²) in [4.78, 5) is 14.4. The van der Waals surface area contributed by atoms with Crippen molar-refractivity contribution in [1.82, 2.24) is 15.0 Å². The molecule has 0 spiro atoms. The SMILES string of the molecule is CCc1c[nH]c2ncnc(N3CCC(COC)C3)c12. The molecule has 2 aromatic heterocycles. The predicted octanol–water partition coefficient (Wildman–Crippen LogP) is 1.99. The van der Waals surface area contributed by atoms with Crippen molar-refractivity contribution in [3.05, 3.63) is 18.1 Å². The lowest BCUT2D eigenvalue weighted by atomic mass is 10.1. The fourth-order valence-corrected chi connectivity index (χ4v) is 2.92. The number of anilines is 1. The second-order valence-corrected chi connectivity index (χ2v) is 5.14. The smallest absolute Gasteiger partial charge is 0.143 e. The molecule has 1 saturated heterocycles. The third-order valence-corrected chi connectivity index (χ3v) is 3.90. The number of rotatable bonds is 4. The summed E-state index contributed by atoms with van der Waals surface area (Å²) in [5, 5.41) is 1.18. The van der Waals surface area contributed by atoms with Crippen LogP contribution in [0.3, 0.4) is 0 Å². The maximum Gasteiger partial charge on any atom is 0.143 e. The summed E-state index contributed by atoms with van der Waals surface area (Å²) >= 11 is 0. The minimum Gasteiger partial charge on any atom is -0.384 e. The number of aromatic nitrogens is 3. The Labute approximate surface area is 113 Å². The highest BCUT2D eigenvalue weighted by atomic mass is 16.5. The standard InChI is InChI=1S/C14H20N4O/c1-3-11-6-15-13-12(11)14(17-9-16-13)18-5-4-10(7-18)8-19-2/h6,9-10H,3-5,7-8H2,1-2H3,(H,15,16,17). The highest BCUT2D eigenvalue weighted by Crippen LogP contribution is 2.30. The van der Waals surface area contributed by atoms with Gasteiger partial charge in [-0.05, 0) is 18.4 Å². The van der Waals surface area contributed by atoms with E-state index in [1.807, 2.05) is 6.20 Å². The molecule has 0 bridgehead atoms. The van der Waals surface area contributed by atoms with E-state index in [0.717, 1.165) is 37.6 Å². The number of methoxy groups -OCH3 is 1. The van der Waals surface area contributed by atoms with E-state index < -0.39 is 0 Å². The van der Waals surface area contributed by atoms with Crippen LogP contribution in [0.4, 0.5) is 5.82 Å². The van der Waals surface area contributed by atoms with Gasteiger partial charge >= 0.3 is 0 Å². The number of ether oxygens (including phenoxy) is 1. The first kappa shape index (κ1) is 12.4. The topological polar surface area (TPSA) is 54.0 Å². The quantitative estimate of drug-likeness (QED) is 0.913. The molecule has 0 aromatic carbocycles. The first-order valence-electron chi connectivity index (χ1n) is 6.88. The Balaban J connectivity index is 1.94. The number of nitrogens with zero attached hydrogens (tertiary/aromatic N) is 3. The van der Waals surface area contributed by atoms with Crippen LogP contribution in [0.5, 0.6) is 0 Å². The number of aromatic amines is 1. The zero-order chi connectivity index (χ0) is 13.2. The number of fused-ring (bicyclic) bond motifs is 1. The predicted molar refractivity (Wildman–Crippen MR) is 75.5 cm³/mol. The van der Waals surface area contributed by atoms with Gasteiger partial charge in [-0.15, -0.1) is 0 Å². The first-order chi connectivity index (χ1) is 9.33. The Morgan fingerprint density at radius 1 is 1.47 bits per heavy atom. The van der Waals surface area contributed by atoms with Crippen LogP contribution >= 0.6 is 0 Å². The third-order valence-electron chi connectivity index (χ3n) is 3.90. The lowest BCUT2D eigenvalue weighted by molar-refractivity contribution is 0.161. The monoisotopic (exact) mass is 260 g/mol. The van der Waals surface area contributed by atoms with Crippen molar-refractivity contribution in [1.29, 1.82) is 0 Å². The molecular weight excluding hydrogens is 240 g/mol. The average molecular weight is 260 g/mol. The van der Waals surface area contributed by atoms with Crippen LogP contribution in [0.2, 0.25) is 0 Å². The van der Waals surface area contributed by atoms with Gasteiger partial charge in [0.05, 0.1) is 12.0 Å².